The third-order valence-electron chi connectivity index (χ3n) is 3.98. The molecule has 0 spiro atoms. The average Bonchev–Trinajstić information content (AvgIpc) is 2.50. The van der Waals surface area contributed by atoms with Gasteiger partial charge in [0.15, 0.2) is 6.29 Å². The standard InChI is InChI=1S/C16H30O5.C2H6/c1-10(2)13(17)8-6-5-7-11(3)20-16-15(19)9-14(18)12(4)21-16;1-2/h10-12,14-16,18-19H,5-9H2,1-4H3;1-2H3/t11-,12?,14-,15+,16?;/m1./s1. The Balaban J connectivity index is 0.00000232. The van der Waals surface area contributed by atoms with Crippen LogP contribution in [-0.2, 0) is 14.3 Å². The van der Waals surface area contributed by atoms with Crippen molar-refractivity contribution in [2.24, 2.45) is 5.92 Å². The second kappa shape index (κ2) is 12.0. The highest BCUT2D eigenvalue weighted by atomic mass is 16.7. The number of rotatable bonds is 8. The second-order valence-electron chi connectivity index (χ2n) is 6.39. The number of aliphatic hydroxyl groups excluding tert-OH is 2. The summed E-state index contributed by atoms with van der Waals surface area (Å²) in [5, 5.41) is 19.5. The topological polar surface area (TPSA) is 76.0 Å². The Morgan fingerprint density at radius 2 is 1.78 bits per heavy atom. The molecule has 0 aromatic heterocycles. The van der Waals surface area contributed by atoms with Gasteiger partial charge in [-0.2, -0.15) is 0 Å². The van der Waals surface area contributed by atoms with Crippen LogP contribution in [-0.4, -0.2) is 46.7 Å². The molecule has 5 atom stereocenters. The van der Waals surface area contributed by atoms with E-state index in [1.54, 1.807) is 6.92 Å². The van der Waals surface area contributed by atoms with Crippen LogP contribution in [0.1, 0.15) is 73.6 Å². The van der Waals surface area contributed by atoms with Gasteiger partial charge in [0.25, 0.3) is 0 Å². The van der Waals surface area contributed by atoms with Crippen LogP contribution in [0.5, 0.6) is 0 Å². The number of hydrogen-bond donors (Lipinski definition) is 2. The summed E-state index contributed by atoms with van der Waals surface area (Å²) >= 11 is 0. The van der Waals surface area contributed by atoms with Gasteiger partial charge in [0, 0.05) is 18.8 Å². The molecule has 1 aliphatic heterocycles. The Morgan fingerprint density at radius 3 is 2.35 bits per heavy atom. The molecule has 1 fully saturated rings. The SMILES string of the molecule is CC.CC(C)C(=O)CCCC[C@@H](C)OC1OC(C)[C@H](O)C[C@@H]1O. The first-order chi connectivity index (χ1) is 10.8. The zero-order valence-electron chi connectivity index (χ0n) is 15.6. The molecule has 1 saturated heterocycles. The predicted octanol–water partition coefficient (Wildman–Crippen LogP) is 3.06. The minimum Gasteiger partial charge on any atom is -0.390 e. The lowest BCUT2D eigenvalue weighted by Crippen LogP contribution is -2.48. The van der Waals surface area contributed by atoms with Gasteiger partial charge in [-0.3, -0.25) is 4.79 Å². The Morgan fingerprint density at radius 1 is 1.17 bits per heavy atom. The average molecular weight is 332 g/mol. The van der Waals surface area contributed by atoms with E-state index in [0.29, 0.717) is 12.2 Å². The zero-order chi connectivity index (χ0) is 18.0. The van der Waals surface area contributed by atoms with Gasteiger partial charge in [0.1, 0.15) is 11.9 Å². The van der Waals surface area contributed by atoms with Crippen LogP contribution in [0.3, 0.4) is 0 Å². The highest BCUT2D eigenvalue weighted by Crippen LogP contribution is 2.23. The summed E-state index contributed by atoms with van der Waals surface area (Å²) in [4.78, 5) is 11.5. The van der Waals surface area contributed by atoms with Crippen LogP contribution in [0, 0.1) is 5.92 Å². The molecule has 0 radical (unpaired) electrons. The molecule has 138 valence electrons. The lowest BCUT2D eigenvalue weighted by atomic mass is 10.0. The smallest absolute Gasteiger partial charge is 0.184 e. The fraction of sp³-hybridized carbons (Fsp3) is 0.944. The summed E-state index contributed by atoms with van der Waals surface area (Å²) in [6.07, 6.45) is 1.05. The molecule has 0 aromatic rings. The van der Waals surface area contributed by atoms with Gasteiger partial charge in [-0.1, -0.05) is 34.1 Å². The highest BCUT2D eigenvalue weighted by Gasteiger charge is 2.35. The van der Waals surface area contributed by atoms with Crippen molar-refractivity contribution < 1.29 is 24.5 Å². The Bertz CT molecular complexity index is 319. The fourth-order valence-corrected chi connectivity index (χ4v) is 2.38. The summed E-state index contributed by atoms with van der Waals surface area (Å²) < 4.78 is 11.2. The maximum atomic E-state index is 11.5. The maximum Gasteiger partial charge on any atom is 0.184 e. The summed E-state index contributed by atoms with van der Waals surface area (Å²) in [5.74, 6) is 0.412. The number of ether oxygens (including phenoxy) is 2. The van der Waals surface area contributed by atoms with Crippen LogP contribution >= 0.6 is 0 Å². The van der Waals surface area contributed by atoms with Crippen molar-refractivity contribution in [3.63, 3.8) is 0 Å². The number of hydrogen-bond acceptors (Lipinski definition) is 5. The Kier molecular flexibility index (Phi) is 11.7. The van der Waals surface area contributed by atoms with E-state index in [1.807, 2.05) is 34.6 Å². The fourth-order valence-electron chi connectivity index (χ4n) is 2.38. The largest absolute Gasteiger partial charge is 0.390 e. The van der Waals surface area contributed by atoms with Gasteiger partial charge in [0.2, 0.25) is 0 Å². The number of Topliss-reactive ketones (excluding diaryl/α,β-unsaturated/α-hetero) is 1. The molecular formula is C18H36O5. The molecule has 0 aliphatic carbocycles. The number of unbranched alkanes of at least 4 members (excludes halogenated alkanes) is 1. The van der Waals surface area contributed by atoms with E-state index in [4.69, 9.17) is 9.47 Å². The maximum absolute atomic E-state index is 11.5. The summed E-state index contributed by atoms with van der Waals surface area (Å²) in [6, 6.07) is 0. The van der Waals surface area contributed by atoms with Crippen molar-refractivity contribution in [3.8, 4) is 0 Å². The molecular weight excluding hydrogens is 296 g/mol. The van der Waals surface area contributed by atoms with E-state index < -0.39 is 18.5 Å². The summed E-state index contributed by atoms with van der Waals surface area (Å²) in [7, 11) is 0. The van der Waals surface area contributed by atoms with Crippen molar-refractivity contribution in [1.82, 2.24) is 0 Å². The minimum atomic E-state index is -0.791. The van der Waals surface area contributed by atoms with Crippen molar-refractivity contribution in [3.05, 3.63) is 0 Å². The molecule has 1 aliphatic rings. The van der Waals surface area contributed by atoms with Crippen molar-refractivity contribution in [1.29, 1.82) is 0 Å². The summed E-state index contributed by atoms with van der Waals surface area (Å²) in [6.45, 7) is 11.6. The zero-order valence-corrected chi connectivity index (χ0v) is 15.6. The Labute approximate surface area is 141 Å². The lowest BCUT2D eigenvalue weighted by Gasteiger charge is -2.36. The Hall–Kier alpha value is -0.490. The van der Waals surface area contributed by atoms with E-state index in [9.17, 15) is 15.0 Å². The van der Waals surface area contributed by atoms with Crippen LogP contribution in [0.15, 0.2) is 0 Å². The first-order valence-electron chi connectivity index (χ1n) is 9.01. The molecule has 2 N–H and O–H groups in total. The molecule has 1 rings (SSSR count). The van der Waals surface area contributed by atoms with Crippen molar-refractivity contribution in [2.75, 3.05) is 0 Å². The van der Waals surface area contributed by atoms with Crippen LogP contribution < -0.4 is 0 Å². The molecule has 5 heteroatoms. The monoisotopic (exact) mass is 332 g/mol. The third-order valence-corrected chi connectivity index (χ3v) is 3.98. The van der Waals surface area contributed by atoms with E-state index in [0.717, 1.165) is 19.3 Å². The molecule has 0 saturated carbocycles. The quantitative estimate of drug-likeness (QED) is 0.668. The molecule has 1 heterocycles. The van der Waals surface area contributed by atoms with Gasteiger partial charge >= 0.3 is 0 Å². The van der Waals surface area contributed by atoms with E-state index >= 15 is 0 Å². The highest BCUT2D eigenvalue weighted by molar-refractivity contribution is 5.80. The first kappa shape index (κ1) is 22.5. The van der Waals surface area contributed by atoms with Gasteiger partial charge in [-0.15, -0.1) is 0 Å². The van der Waals surface area contributed by atoms with E-state index in [-0.39, 0.29) is 24.5 Å². The number of carbonyl (C=O) groups excluding carboxylic acids is 1. The molecule has 23 heavy (non-hydrogen) atoms. The van der Waals surface area contributed by atoms with Gasteiger partial charge in [0.05, 0.1) is 18.3 Å². The van der Waals surface area contributed by atoms with Gasteiger partial charge in [-0.25, -0.2) is 0 Å². The minimum absolute atomic E-state index is 0.0405. The molecule has 2 unspecified atom stereocenters. The van der Waals surface area contributed by atoms with Crippen molar-refractivity contribution >= 4 is 5.78 Å². The first-order valence-corrected chi connectivity index (χ1v) is 9.01. The van der Waals surface area contributed by atoms with Gasteiger partial charge in [-0.05, 0) is 26.7 Å². The van der Waals surface area contributed by atoms with Gasteiger partial charge < -0.3 is 19.7 Å². The summed E-state index contributed by atoms with van der Waals surface area (Å²) in [5.41, 5.74) is 0. The number of ketones is 1. The molecule has 0 aromatic carbocycles. The van der Waals surface area contributed by atoms with Crippen molar-refractivity contribution in [2.45, 2.75) is 104 Å². The lowest BCUT2D eigenvalue weighted by molar-refractivity contribution is -0.273. The molecule has 0 bridgehead atoms. The molecule has 5 nitrogen and oxygen atoms in total. The third kappa shape index (κ3) is 8.80. The number of aliphatic hydroxyl groups is 2. The van der Waals surface area contributed by atoms with Crippen LogP contribution in [0.2, 0.25) is 0 Å². The number of carbonyl (C=O) groups is 1. The van der Waals surface area contributed by atoms with Crippen LogP contribution in [0.25, 0.3) is 0 Å². The normalized spacial score (nSPS) is 28.9. The van der Waals surface area contributed by atoms with Crippen LogP contribution in [0.4, 0.5) is 0 Å². The second-order valence-corrected chi connectivity index (χ2v) is 6.39. The van der Waals surface area contributed by atoms with E-state index in [2.05, 4.69) is 0 Å². The van der Waals surface area contributed by atoms with E-state index in [1.165, 1.54) is 0 Å². The predicted molar refractivity (Wildman–Crippen MR) is 91.2 cm³/mol. The molecule has 0 amide bonds.